The number of nitrogens with one attached hydrogen (secondary N) is 1. The third kappa shape index (κ3) is 2.92. The van der Waals surface area contributed by atoms with E-state index in [1.807, 2.05) is 13.0 Å². The third-order valence-corrected chi connectivity index (χ3v) is 5.42. The van der Waals surface area contributed by atoms with Crippen LogP contribution in [-0.4, -0.2) is 8.42 Å². The maximum Gasteiger partial charge on any atom is 0.261 e. The van der Waals surface area contributed by atoms with Crippen LogP contribution in [0.15, 0.2) is 41.3 Å². The van der Waals surface area contributed by atoms with Gasteiger partial charge in [0.1, 0.15) is 0 Å². The van der Waals surface area contributed by atoms with E-state index in [-0.39, 0.29) is 0 Å². The Morgan fingerprint density at radius 1 is 1.05 bits per heavy atom. The number of rotatable bonds is 3. The van der Waals surface area contributed by atoms with Gasteiger partial charge in [0.25, 0.3) is 10.0 Å². The molecule has 3 rings (SSSR count). The van der Waals surface area contributed by atoms with Gasteiger partial charge < -0.3 is 0 Å². The van der Waals surface area contributed by atoms with Gasteiger partial charge in [0, 0.05) is 5.02 Å². The van der Waals surface area contributed by atoms with Crippen molar-refractivity contribution in [2.75, 3.05) is 4.72 Å². The molecule has 0 amide bonds. The molecule has 1 aliphatic rings. The number of fused-ring (bicyclic) bond motifs is 1. The molecule has 0 bridgehead atoms. The van der Waals surface area contributed by atoms with Gasteiger partial charge in [-0.3, -0.25) is 4.72 Å². The molecule has 3 nitrogen and oxygen atoms in total. The normalized spacial score (nSPS) is 14.0. The quantitative estimate of drug-likeness (QED) is 0.930. The van der Waals surface area contributed by atoms with E-state index >= 15 is 0 Å². The van der Waals surface area contributed by atoms with Crippen molar-refractivity contribution >= 4 is 27.3 Å². The molecule has 0 radical (unpaired) electrons. The molecule has 110 valence electrons. The van der Waals surface area contributed by atoms with E-state index < -0.39 is 10.0 Å². The molecule has 2 aromatic carbocycles. The van der Waals surface area contributed by atoms with Crippen molar-refractivity contribution in [1.82, 2.24) is 0 Å². The first kappa shape index (κ1) is 14.4. The SMILES string of the molecule is Cc1ccc(Cl)cc1NS(=O)(=O)c1ccc2c(c1)CCC2. The molecule has 2 aromatic rings. The maximum atomic E-state index is 12.5. The first-order chi connectivity index (χ1) is 9.95. The largest absolute Gasteiger partial charge is 0.279 e. The molecule has 0 unspecified atom stereocenters. The summed E-state index contributed by atoms with van der Waals surface area (Å²) in [6.45, 7) is 1.84. The van der Waals surface area contributed by atoms with Crippen LogP contribution in [0, 0.1) is 6.92 Å². The van der Waals surface area contributed by atoms with Crippen molar-refractivity contribution in [2.24, 2.45) is 0 Å². The number of anilines is 1. The molecule has 1 aliphatic carbocycles. The summed E-state index contributed by atoms with van der Waals surface area (Å²) < 4.78 is 27.6. The topological polar surface area (TPSA) is 46.2 Å². The zero-order valence-corrected chi connectivity index (χ0v) is 13.3. The average molecular weight is 322 g/mol. The number of halogens is 1. The lowest BCUT2D eigenvalue weighted by atomic mass is 10.1. The van der Waals surface area contributed by atoms with Crippen LogP contribution in [0.4, 0.5) is 5.69 Å². The van der Waals surface area contributed by atoms with Crippen LogP contribution in [0.25, 0.3) is 0 Å². The Hall–Kier alpha value is -1.52. The van der Waals surface area contributed by atoms with Crippen LogP contribution in [-0.2, 0) is 22.9 Å². The summed E-state index contributed by atoms with van der Waals surface area (Å²) in [7, 11) is -3.58. The van der Waals surface area contributed by atoms with Crippen molar-refractivity contribution < 1.29 is 8.42 Å². The van der Waals surface area contributed by atoms with E-state index in [2.05, 4.69) is 4.72 Å². The Balaban J connectivity index is 1.95. The lowest BCUT2D eigenvalue weighted by Gasteiger charge is -2.12. The Kier molecular flexibility index (Phi) is 3.68. The summed E-state index contributed by atoms with van der Waals surface area (Å²) in [4.78, 5) is 0.308. The minimum Gasteiger partial charge on any atom is -0.279 e. The minimum absolute atomic E-state index is 0.308. The number of hydrogen-bond donors (Lipinski definition) is 1. The van der Waals surface area contributed by atoms with Crippen LogP contribution in [0.2, 0.25) is 5.02 Å². The predicted octanol–water partition coefficient (Wildman–Crippen LogP) is 3.94. The van der Waals surface area contributed by atoms with Gasteiger partial charge in [-0.05, 0) is 67.1 Å². The van der Waals surface area contributed by atoms with Crippen molar-refractivity contribution in [2.45, 2.75) is 31.1 Å². The second-order valence-corrected chi connectivity index (χ2v) is 7.47. The first-order valence-electron chi connectivity index (χ1n) is 6.86. The monoisotopic (exact) mass is 321 g/mol. The van der Waals surface area contributed by atoms with Gasteiger partial charge in [0.05, 0.1) is 10.6 Å². The van der Waals surface area contributed by atoms with E-state index in [0.717, 1.165) is 30.4 Å². The number of aryl methyl sites for hydroxylation is 3. The molecular weight excluding hydrogens is 306 g/mol. The summed E-state index contributed by atoms with van der Waals surface area (Å²) in [6.07, 6.45) is 3.09. The van der Waals surface area contributed by atoms with Gasteiger partial charge in [-0.15, -0.1) is 0 Å². The number of benzene rings is 2. The van der Waals surface area contributed by atoms with Crippen LogP contribution in [0.1, 0.15) is 23.1 Å². The fourth-order valence-electron chi connectivity index (χ4n) is 2.62. The molecular formula is C16H16ClNO2S. The van der Waals surface area contributed by atoms with Crippen LogP contribution in [0.3, 0.4) is 0 Å². The highest BCUT2D eigenvalue weighted by atomic mass is 35.5. The molecule has 5 heteroatoms. The molecule has 21 heavy (non-hydrogen) atoms. The highest BCUT2D eigenvalue weighted by Crippen LogP contribution is 2.27. The van der Waals surface area contributed by atoms with Gasteiger partial charge in [-0.25, -0.2) is 8.42 Å². The van der Waals surface area contributed by atoms with Crippen molar-refractivity contribution in [3.63, 3.8) is 0 Å². The standard InChI is InChI=1S/C16H16ClNO2S/c1-11-5-7-14(17)10-16(11)18-21(19,20)15-8-6-12-3-2-4-13(12)9-15/h5-10,18H,2-4H2,1H3. The highest BCUT2D eigenvalue weighted by molar-refractivity contribution is 7.92. The second kappa shape index (κ2) is 5.35. The minimum atomic E-state index is -3.58. The van der Waals surface area contributed by atoms with Gasteiger partial charge in [-0.2, -0.15) is 0 Å². The smallest absolute Gasteiger partial charge is 0.261 e. The Labute approximate surface area is 130 Å². The molecule has 0 aliphatic heterocycles. The van der Waals surface area contributed by atoms with Crippen molar-refractivity contribution in [3.05, 3.63) is 58.1 Å². The van der Waals surface area contributed by atoms with Gasteiger partial charge in [0.2, 0.25) is 0 Å². The summed E-state index contributed by atoms with van der Waals surface area (Å²) in [5, 5.41) is 0.507. The van der Waals surface area contributed by atoms with E-state index in [9.17, 15) is 8.42 Å². The molecule has 0 aromatic heterocycles. The Morgan fingerprint density at radius 3 is 2.62 bits per heavy atom. The van der Waals surface area contributed by atoms with Crippen LogP contribution in [0.5, 0.6) is 0 Å². The average Bonchev–Trinajstić information content (AvgIpc) is 2.90. The van der Waals surface area contributed by atoms with Crippen molar-refractivity contribution in [3.8, 4) is 0 Å². The molecule has 0 saturated carbocycles. The molecule has 0 atom stereocenters. The first-order valence-corrected chi connectivity index (χ1v) is 8.72. The zero-order valence-electron chi connectivity index (χ0n) is 11.7. The van der Waals surface area contributed by atoms with Crippen LogP contribution < -0.4 is 4.72 Å². The second-order valence-electron chi connectivity index (χ2n) is 5.35. The van der Waals surface area contributed by atoms with E-state index in [0.29, 0.717) is 15.6 Å². The molecule has 0 spiro atoms. The van der Waals surface area contributed by atoms with E-state index in [1.165, 1.54) is 5.56 Å². The van der Waals surface area contributed by atoms with E-state index in [4.69, 9.17) is 11.6 Å². The zero-order chi connectivity index (χ0) is 15.0. The lowest BCUT2D eigenvalue weighted by molar-refractivity contribution is 0.601. The summed E-state index contributed by atoms with van der Waals surface area (Å²) >= 11 is 5.93. The Morgan fingerprint density at radius 2 is 1.81 bits per heavy atom. The Bertz CT molecular complexity index is 800. The van der Waals surface area contributed by atoms with E-state index in [1.54, 1.807) is 30.3 Å². The van der Waals surface area contributed by atoms with Crippen LogP contribution >= 0.6 is 11.6 Å². The fourth-order valence-corrected chi connectivity index (χ4v) is 3.97. The van der Waals surface area contributed by atoms with Gasteiger partial charge in [0.15, 0.2) is 0 Å². The number of sulfonamides is 1. The maximum absolute atomic E-state index is 12.5. The lowest BCUT2D eigenvalue weighted by Crippen LogP contribution is -2.14. The summed E-state index contributed by atoms with van der Waals surface area (Å²) in [5.41, 5.74) is 3.75. The molecule has 0 saturated heterocycles. The molecule has 1 N–H and O–H groups in total. The summed E-state index contributed by atoms with van der Waals surface area (Å²) in [6, 6.07) is 10.5. The summed E-state index contributed by atoms with van der Waals surface area (Å²) in [5.74, 6) is 0. The predicted molar refractivity (Wildman–Crippen MR) is 85.5 cm³/mol. The van der Waals surface area contributed by atoms with Crippen molar-refractivity contribution in [1.29, 1.82) is 0 Å². The molecule has 0 heterocycles. The highest BCUT2D eigenvalue weighted by Gasteiger charge is 2.19. The van der Waals surface area contributed by atoms with Gasteiger partial charge >= 0.3 is 0 Å². The van der Waals surface area contributed by atoms with Gasteiger partial charge in [-0.1, -0.05) is 23.7 Å². The molecule has 0 fully saturated rings. The number of hydrogen-bond acceptors (Lipinski definition) is 2. The fraction of sp³-hybridized carbons (Fsp3) is 0.250. The third-order valence-electron chi connectivity index (χ3n) is 3.82.